The maximum atomic E-state index is 4.78. The van der Waals surface area contributed by atoms with Crippen LogP contribution >= 0.6 is 11.3 Å². The second kappa shape index (κ2) is 7.19. The van der Waals surface area contributed by atoms with E-state index >= 15 is 0 Å². The van der Waals surface area contributed by atoms with Crippen LogP contribution in [0.2, 0.25) is 0 Å². The van der Waals surface area contributed by atoms with E-state index in [0.717, 1.165) is 30.6 Å². The van der Waals surface area contributed by atoms with E-state index in [9.17, 15) is 0 Å². The van der Waals surface area contributed by atoms with E-state index in [0.29, 0.717) is 0 Å². The van der Waals surface area contributed by atoms with Gasteiger partial charge in [0.05, 0.1) is 10.7 Å². The Bertz CT molecular complexity index is 545. The summed E-state index contributed by atoms with van der Waals surface area (Å²) in [6, 6.07) is 11.2. The molecule has 0 radical (unpaired) electrons. The molecule has 112 valence electrons. The SMILES string of the molecule is CCNC(CCCc1nc(-c2ccccc2)cs1)C1CC1. The fourth-order valence-electron chi connectivity index (χ4n) is 2.91. The molecule has 1 saturated carbocycles. The number of thiazole rings is 1. The summed E-state index contributed by atoms with van der Waals surface area (Å²) in [5, 5.41) is 7.11. The summed E-state index contributed by atoms with van der Waals surface area (Å²) < 4.78 is 0. The lowest BCUT2D eigenvalue weighted by atomic mass is 10.1. The number of hydrogen-bond donors (Lipinski definition) is 1. The van der Waals surface area contributed by atoms with E-state index in [1.165, 1.54) is 36.3 Å². The standard InChI is InChI=1S/C18H24N2S/c1-2-19-16(15-11-12-15)9-6-10-18-20-17(13-21-18)14-7-4-3-5-8-14/h3-5,7-8,13,15-16,19H,2,6,9-12H2,1H3. The minimum absolute atomic E-state index is 0.739. The van der Waals surface area contributed by atoms with Crippen molar-refractivity contribution in [3.05, 3.63) is 40.7 Å². The molecule has 0 bridgehead atoms. The lowest BCUT2D eigenvalue weighted by molar-refractivity contribution is 0.434. The zero-order valence-corrected chi connectivity index (χ0v) is 13.5. The predicted octanol–water partition coefficient (Wildman–Crippen LogP) is 4.52. The van der Waals surface area contributed by atoms with Crippen LogP contribution in [0.25, 0.3) is 11.3 Å². The lowest BCUT2D eigenvalue weighted by Crippen LogP contribution is -2.30. The zero-order valence-electron chi connectivity index (χ0n) is 12.7. The number of rotatable bonds is 8. The van der Waals surface area contributed by atoms with E-state index in [2.05, 4.69) is 48.0 Å². The van der Waals surface area contributed by atoms with E-state index in [1.54, 1.807) is 11.3 Å². The highest BCUT2D eigenvalue weighted by Gasteiger charge is 2.29. The minimum atomic E-state index is 0.739. The molecular weight excluding hydrogens is 276 g/mol. The van der Waals surface area contributed by atoms with Gasteiger partial charge in [-0.05, 0) is 44.6 Å². The molecule has 2 nitrogen and oxygen atoms in total. The molecule has 1 atom stereocenters. The third kappa shape index (κ3) is 4.14. The monoisotopic (exact) mass is 300 g/mol. The molecule has 3 rings (SSSR count). The van der Waals surface area contributed by atoms with E-state index < -0.39 is 0 Å². The molecule has 1 aliphatic rings. The largest absolute Gasteiger partial charge is 0.314 e. The van der Waals surface area contributed by atoms with Gasteiger partial charge in [-0.1, -0.05) is 37.3 Å². The van der Waals surface area contributed by atoms with Crippen molar-refractivity contribution in [1.29, 1.82) is 0 Å². The molecule has 0 amide bonds. The Kier molecular flexibility index (Phi) is 5.04. The van der Waals surface area contributed by atoms with Crippen molar-refractivity contribution in [2.45, 2.75) is 45.1 Å². The molecule has 1 N–H and O–H groups in total. The van der Waals surface area contributed by atoms with Gasteiger partial charge in [0, 0.05) is 17.0 Å². The number of aromatic nitrogens is 1. The van der Waals surface area contributed by atoms with Crippen LogP contribution in [0.1, 0.15) is 37.6 Å². The Labute approximate surface area is 131 Å². The Hall–Kier alpha value is -1.19. The number of nitrogens with one attached hydrogen (secondary N) is 1. The third-order valence-corrected chi connectivity index (χ3v) is 5.09. The van der Waals surface area contributed by atoms with Gasteiger partial charge in [0.2, 0.25) is 0 Å². The van der Waals surface area contributed by atoms with Crippen LogP contribution in [0, 0.1) is 5.92 Å². The van der Waals surface area contributed by atoms with E-state index in [-0.39, 0.29) is 0 Å². The predicted molar refractivity (Wildman–Crippen MR) is 90.7 cm³/mol. The first-order valence-corrected chi connectivity index (χ1v) is 8.98. The summed E-state index contributed by atoms with van der Waals surface area (Å²) in [6.07, 6.45) is 6.50. The zero-order chi connectivity index (χ0) is 14.5. The van der Waals surface area contributed by atoms with Crippen LogP contribution in [-0.4, -0.2) is 17.6 Å². The van der Waals surface area contributed by atoms with Crippen LogP contribution in [0.15, 0.2) is 35.7 Å². The number of aryl methyl sites for hydroxylation is 1. The molecule has 1 unspecified atom stereocenters. The maximum Gasteiger partial charge on any atom is 0.0932 e. The van der Waals surface area contributed by atoms with E-state index in [4.69, 9.17) is 4.98 Å². The molecule has 21 heavy (non-hydrogen) atoms. The molecule has 1 aliphatic carbocycles. The highest BCUT2D eigenvalue weighted by atomic mass is 32.1. The van der Waals surface area contributed by atoms with Gasteiger partial charge in [0.25, 0.3) is 0 Å². The summed E-state index contributed by atoms with van der Waals surface area (Å²) in [7, 11) is 0. The smallest absolute Gasteiger partial charge is 0.0932 e. The van der Waals surface area contributed by atoms with Gasteiger partial charge in [0.15, 0.2) is 0 Å². The fourth-order valence-corrected chi connectivity index (χ4v) is 3.76. The van der Waals surface area contributed by atoms with Gasteiger partial charge in [-0.3, -0.25) is 0 Å². The van der Waals surface area contributed by atoms with Gasteiger partial charge >= 0.3 is 0 Å². The average Bonchev–Trinajstić information content (AvgIpc) is 3.26. The maximum absolute atomic E-state index is 4.78. The molecule has 1 aromatic heterocycles. The van der Waals surface area contributed by atoms with E-state index in [1.807, 2.05) is 0 Å². The molecule has 0 saturated heterocycles. The van der Waals surface area contributed by atoms with Crippen molar-refractivity contribution in [3.63, 3.8) is 0 Å². The molecule has 2 aromatic rings. The molecular formula is C18H24N2S. The number of hydrogen-bond acceptors (Lipinski definition) is 3. The highest BCUT2D eigenvalue weighted by molar-refractivity contribution is 7.09. The molecule has 0 aliphatic heterocycles. The summed E-state index contributed by atoms with van der Waals surface area (Å²) in [5.41, 5.74) is 2.35. The molecule has 0 spiro atoms. The fraction of sp³-hybridized carbons (Fsp3) is 0.500. The second-order valence-electron chi connectivity index (χ2n) is 5.89. The topological polar surface area (TPSA) is 24.9 Å². The van der Waals surface area contributed by atoms with Crippen molar-refractivity contribution < 1.29 is 0 Å². The van der Waals surface area contributed by atoms with Gasteiger partial charge in [0.1, 0.15) is 0 Å². The normalized spacial score (nSPS) is 16.0. The molecule has 1 aromatic carbocycles. The summed E-state index contributed by atoms with van der Waals surface area (Å²) in [5.74, 6) is 0.945. The molecule has 1 heterocycles. The van der Waals surface area contributed by atoms with Gasteiger partial charge < -0.3 is 5.32 Å². The van der Waals surface area contributed by atoms with Crippen LogP contribution in [-0.2, 0) is 6.42 Å². The quantitative estimate of drug-likeness (QED) is 0.775. The van der Waals surface area contributed by atoms with Crippen molar-refractivity contribution in [2.24, 2.45) is 5.92 Å². The molecule has 1 fully saturated rings. The van der Waals surface area contributed by atoms with Crippen molar-refractivity contribution in [2.75, 3.05) is 6.54 Å². The lowest BCUT2D eigenvalue weighted by Gasteiger charge is -2.16. The summed E-state index contributed by atoms with van der Waals surface area (Å²) in [4.78, 5) is 4.78. The Morgan fingerprint density at radius 2 is 2.10 bits per heavy atom. The average molecular weight is 300 g/mol. The molecule has 3 heteroatoms. The van der Waals surface area contributed by atoms with Gasteiger partial charge in [-0.15, -0.1) is 11.3 Å². The Morgan fingerprint density at radius 1 is 1.29 bits per heavy atom. The Morgan fingerprint density at radius 3 is 2.81 bits per heavy atom. The van der Waals surface area contributed by atoms with Crippen molar-refractivity contribution in [3.8, 4) is 11.3 Å². The third-order valence-electron chi connectivity index (χ3n) is 4.18. The number of nitrogens with zero attached hydrogens (tertiary/aromatic N) is 1. The summed E-state index contributed by atoms with van der Waals surface area (Å²) in [6.45, 7) is 3.30. The summed E-state index contributed by atoms with van der Waals surface area (Å²) >= 11 is 1.80. The minimum Gasteiger partial charge on any atom is -0.314 e. The first kappa shape index (κ1) is 14.7. The van der Waals surface area contributed by atoms with Crippen LogP contribution in [0.5, 0.6) is 0 Å². The van der Waals surface area contributed by atoms with Crippen molar-refractivity contribution in [1.82, 2.24) is 10.3 Å². The van der Waals surface area contributed by atoms with Crippen LogP contribution in [0.4, 0.5) is 0 Å². The second-order valence-corrected chi connectivity index (χ2v) is 6.83. The highest BCUT2D eigenvalue weighted by Crippen LogP contribution is 2.34. The Balaban J connectivity index is 1.51. The van der Waals surface area contributed by atoms with Gasteiger partial charge in [-0.25, -0.2) is 4.98 Å². The number of benzene rings is 1. The van der Waals surface area contributed by atoms with Crippen molar-refractivity contribution >= 4 is 11.3 Å². The van der Waals surface area contributed by atoms with Crippen LogP contribution in [0.3, 0.4) is 0 Å². The first-order valence-electron chi connectivity index (χ1n) is 8.10. The van der Waals surface area contributed by atoms with Gasteiger partial charge in [-0.2, -0.15) is 0 Å². The first-order chi connectivity index (χ1) is 10.4. The van der Waals surface area contributed by atoms with Crippen LogP contribution < -0.4 is 5.32 Å².